The van der Waals surface area contributed by atoms with Gasteiger partial charge in [0.25, 0.3) is 0 Å². The number of hydrogen-bond acceptors (Lipinski definition) is 2. The Morgan fingerprint density at radius 1 is 1.41 bits per heavy atom. The lowest BCUT2D eigenvalue weighted by atomic mass is 9.94. The minimum absolute atomic E-state index is 0.679. The van der Waals surface area contributed by atoms with Gasteiger partial charge in [-0.1, -0.05) is 45.8 Å². The lowest BCUT2D eigenvalue weighted by Gasteiger charge is -2.42. The van der Waals surface area contributed by atoms with Gasteiger partial charge in [-0.2, -0.15) is 0 Å². The van der Waals surface area contributed by atoms with Crippen molar-refractivity contribution in [3.05, 3.63) is 12.2 Å². The van der Waals surface area contributed by atoms with Gasteiger partial charge in [-0.3, -0.25) is 4.90 Å². The quantitative estimate of drug-likeness (QED) is 0.716. The fourth-order valence-corrected chi connectivity index (χ4v) is 2.63. The van der Waals surface area contributed by atoms with Gasteiger partial charge in [0, 0.05) is 31.7 Å². The number of hydrogen-bond donors (Lipinski definition) is 1. The molecule has 3 unspecified atom stereocenters. The molecule has 1 aliphatic heterocycles. The normalized spacial score (nSPS) is 28.7. The Balaban J connectivity index is 2.55. The van der Waals surface area contributed by atoms with E-state index in [4.69, 9.17) is 0 Å². The van der Waals surface area contributed by atoms with E-state index in [9.17, 15) is 0 Å². The molecule has 0 aromatic heterocycles. The summed E-state index contributed by atoms with van der Waals surface area (Å²) < 4.78 is 0. The zero-order valence-corrected chi connectivity index (χ0v) is 12.1. The number of nitrogens with zero attached hydrogens (tertiary/aromatic N) is 1. The van der Waals surface area contributed by atoms with Crippen LogP contribution in [0.2, 0.25) is 0 Å². The molecule has 17 heavy (non-hydrogen) atoms. The Hall–Kier alpha value is -0.340. The number of piperazine rings is 1. The third-order valence-electron chi connectivity index (χ3n) is 4.09. The predicted molar refractivity (Wildman–Crippen MR) is 76.3 cm³/mol. The highest BCUT2D eigenvalue weighted by atomic mass is 15.2. The fraction of sp³-hybridized carbons (Fsp3) is 0.867. The summed E-state index contributed by atoms with van der Waals surface area (Å²) in [6.45, 7) is 12.6. The minimum Gasteiger partial charge on any atom is -0.311 e. The van der Waals surface area contributed by atoms with Crippen LogP contribution in [0.25, 0.3) is 0 Å². The Morgan fingerprint density at radius 2 is 2.18 bits per heavy atom. The van der Waals surface area contributed by atoms with Crippen LogP contribution < -0.4 is 5.32 Å². The lowest BCUT2D eigenvalue weighted by Crippen LogP contribution is -2.58. The summed E-state index contributed by atoms with van der Waals surface area (Å²) in [5.41, 5.74) is 0. The first-order chi connectivity index (χ1) is 8.22. The van der Waals surface area contributed by atoms with E-state index in [2.05, 4.69) is 50.1 Å². The second kappa shape index (κ2) is 7.88. The van der Waals surface area contributed by atoms with Gasteiger partial charge in [-0.25, -0.2) is 0 Å². The van der Waals surface area contributed by atoms with Crippen LogP contribution in [-0.4, -0.2) is 36.6 Å². The molecule has 0 amide bonds. The molecule has 3 atom stereocenters. The lowest BCUT2D eigenvalue weighted by molar-refractivity contribution is 0.115. The van der Waals surface area contributed by atoms with Crippen LogP contribution in [-0.2, 0) is 0 Å². The summed E-state index contributed by atoms with van der Waals surface area (Å²) in [4.78, 5) is 2.66. The first kappa shape index (κ1) is 14.7. The van der Waals surface area contributed by atoms with Gasteiger partial charge in [0.15, 0.2) is 0 Å². The van der Waals surface area contributed by atoms with Crippen molar-refractivity contribution in [3.8, 4) is 0 Å². The molecule has 1 rings (SSSR count). The second-order valence-electron chi connectivity index (χ2n) is 5.37. The van der Waals surface area contributed by atoms with Crippen molar-refractivity contribution in [2.45, 2.75) is 59.0 Å². The van der Waals surface area contributed by atoms with Gasteiger partial charge in [0.05, 0.1) is 0 Å². The predicted octanol–water partition coefficient (Wildman–Crippen LogP) is 3.05. The zero-order valence-electron chi connectivity index (χ0n) is 12.1. The molecule has 0 aliphatic carbocycles. The van der Waals surface area contributed by atoms with Crippen molar-refractivity contribution in [2.24, 2.45) is 5.92 Å². The number of rotatable bonds is 6. The second-order valence-corrected chi connectivity index (χ2v) is 5.37. The van der Waals surface area contributed by atoms with Gasteiger partial charge in [-0.05, 0) is 19.3 Å². The van der Waals surface area contributed by atoms with Crippen LogP contribution in [0.1, 0.15) is 47.0 Å². The van der Waals surface area contributed by atoms with E-state index >= 15 is 0 Å². The molecule has 2 nitrogen and oxygen atoms in total. The summed E-state index contributed by atoms with van der Waals surface area (Å²) in [5.74, 6) is 0.783. The van der Waals surface area contributed by atoms with E-state index in [1.165, 1.54) is 32.4 Å². The largest absolute Gasteiger partial charge is 0.311 e. The van der Waals surface area contributed by atoms with E-state index in [1.54, 1.807) is 0 Å². The molecule has 0 spiro atoms. The van der Waals surface area contributed by atoms with E-state index in [1.807, 2.05) is 0 Å². The Labute approximate surface area is 107 Å². The van der Waals surface area contributed by atoms with Crippen LogP contribution in [0.5, 0.6) is 0 Å². The summed E-state index contributed by atoms with van der Waals surface area (Å²) in [5, 5.41) is 3.75. The summed E-state index contributed by atoms with van der Waals surface area (Å²) in [6, 6.07) is 1.41. The Kier molecular flexibility index (Phi) is 6.83. The van der Waals surface area contributed by atoms with E-state index in [0.717, 1.165) is 18.5 Å². The maximum atomic E-state index is 3.75. The summed E-state index contributed by atoms with van der Waals surface area (Å²) >= 11 is 0. The van der Waals surface area contributed by atoms with Gasteiger partial charge < -0.3 is 5.32 Å². The average molecular weight is 238 g/mol. The zero-order chi connectivity index (χ0) is 12.7. The molecule has 0 aromatic carbocycles. The van der Waals surface area contributed by atoms with Crippen LogP contribution in [0.15, 0.2) is 12.2 Å². The smallest absolute Gasteiger partial charge is 0.0224 e. The third kappa shape index (κ3) is 4.44. The average Bonchev–Trinajstić information content (AvgIpc) is 2.37. The molecule has 1 saturated heterocycles. The van der Waals surface area contributed by atoms with Crippen molar-refractivity contribution in [1.82, 2.24) is 10.2 Å². The van der Waals surface area contributed by atoms with Gasteiger partial charge in [0.1, 0.15) is 0 Å². The van der Waals surface area contributed by atoms with Crippen molar-refractivity contribution >= 4 is 0 Å². The maximum absolute atomic E-state index is 3.75. The van der Waals surface area contributed by atoms with Gasteiger partial charge in [-0.15, -0.1) is 0 Å². The van der Waals surface area contributed by atoms with Crippen LogP contribution in [0, 0.1) is 5.92 Å². The van der Waals surface area contributed by atoms with Crippen LogP contribution in [0.4, 0.5) is 0 Å². The van der Waals surface area contributed by atoms with E-state index in [-0.39, 0.29) is 0 Å². The van der Waals surface area contributed by atoms with Crippen molar-refractivity contribution < 1.29 is 0 Å². The van der Waals surface area contributed by atoms with Crippen LogP contribution >= 0.6 is 0 Å². The summed E-state index contributed by atoms with van der Waals surface area (Å²) in [7, 11) is 0. The summed E-state index contributed by atoms with van der Waals surface area (Å²) in [6.07, 6.45) is 8.34. The topological polar surface area (TPSA) is 15.3 Å². The molecule has 2 heteroatoms. The van der Waals surface area contributed by atoms with Crippen molar-refractivity contribution in [2.75, 3.05) is 19.6 Å². The number of allylic oxidation sites excluding steroid dienone is 1. The molecule has 0 radical (unpaired) electrons. The molecule has 0 aromatic rings. The molecular weight excluding hydrogens is 208 g/mol. The Bertz CT molecular complexity index is 225. The first-order valence-electron chi connectivity index (χ1n) is 7.31. The van der Waals surface area contributed by atoms with Crippen molar-refractivity contribution in [1.29, 1.82) is 0 Å². The monoisotopic (exact) mass is 238 g/mol. The highest BCUT2D eigenvalue weighted by molar-refractivity contribution is 4.92. The Morgan fingerprint density at radius 3 is 2.76 bits per heavy atom. The standard InChI is InChI=1S/C15H30N2/c1-5-8-10-17-12-15(13(4)7-3)16-11-14(17)9-6-2/h5,8,13-16H,6-7,9-12H2,1-4H3/b8-5+. The fourth-order valence-electron chi connectivity index (χ4n) is 2.63. The van der Waals surface area contributed by atoms with Gasteiger partial charge in [0.2, 0.25) is 0 Å². The van der Waals surface area contributed by atoms with E-state index < -0.39 is 0 Å². The molecule has 1 N–H and O–H groups in total. The maximum Gasteiger partial charge on any atom is 0.0224 e. The van der Waals surface area contributed by atoms with Gasteiger partial charge >= 0.3 is 0 Å². The molecule has 1 aliphatic rings. The van der Waals surface area contributed by atoms with E-state index in [0.29, 0.717) is 6.04 Å². The molecule has 1 fully saturated rings. The molecule has 0 saturated carbocycles. The minimum atomic E-state index is 0.679. The van der Waals surface area contributed by atoms with Crippen molar-refractivity contribution in [3.63, 3.8) is 0 Å². The first-order valence-corrected chi connectivity index (χ1v) is 7.31. The highest BCUT2D eigenvalue weighted by Gasteiger charge is 2.28. The molecular formula is C15H30N2. The molecule has 0 bridgehead atoms. The SMILES string of the molecule is C/C=C/CN1CC(C(C)CC)NCC1CCC. The highest BCUT2D eigenvalue weighted by Crippen LogP contribution is 2.18. The van der Waals surface area contributed by atoms with Crippen LogP contribution in [0.3, 0.4) is 0 Å². The number of nitrogens with one attached hydrogen (secondary N) is 1. The molecule has 1 heterocycles. The molecule has 100 valence electrons. The third-order valence-corrected chi connectivity index (χ3v) is 4.09.